The molecular formula is C30H32BrN9O3. The highest BCUT2D eigenvalue weighted by Crippen LogP contribution is 2.34. The van der Waals surface area contributed by atoms with Gasteiger partial charge in [-0.25, -0.2) is 29.2 Å². The zero-order chi connectivity index (χ0) is 30.3. The number of amides is 1. The monoisotopic (exact) mass is 645 g/mol. The van der Waals surface area contributed by atoms with E-state index in [1.807, 2.05) is 71.1 Å². The molecule has 1 fully saturated rings. The van der Waals surface area contributed by atoms with E-state index in [2.05, 4.69) is 46.2 Å². The van der Waals surface area contributed by atoms with E-state index in [1.54, 1.807) is 9.42 Å². The Labute approximate surface area is 257 Å². The molecule has 0 bridgehead atoms. The van der Waals surface area contributed by atoms with Gasteiger partial charge in [0, 0.05) is 44.1 Å². The maximum absolute atomic E-state index is 12.5. The number of fused-ring (bicyclic) bond motifs is 2. The van der Waals surface area contributed by atoms with E-state index in [0.29, 0.717) is 54.4 Å². The quantitative estimate of drug-likeness (QED) is 0.242. The first-order valence-electron chi connectivity index (χ1n) is 13.9. The molecule has 0 aliphatic carbocycles. The van der Waals surface area contributed by atoms with Gasteiger partial charge in [0.2, 0.25) is 0 Å². The highest BCUT2D eigenvalue weighted by molar-refractivity contribution is 9.10. The third kappa shape index (κ3) is 6.17. The summed E-state index contributed by atoms with van der Waals surface area (Å²) in [6.45, 7) is 11.9. The number of aryl methyl sites for hydroxylation is 2. The number of hydrogen-bond acceptors (Lipinski definition) is 10. The van der Waals surface area contributed by atoms with E-state index in [-0.39, 0.29) is 6.09 Å². The summed E-state index contributed by atoms with van der Waals surface area (Å²) in [5.74, 6) is 2.80. The molecule has 6 rings (SSSR count). The lowest BCUT2D eigenvalue weighted by Gasteiger charge is -2.36. The topological polar surface area (TPSA) is 123 Å². The van der Waals surface area contributed by atoms with E-state index in [0.717, 1.165) is 32.9 Å². The van der Waals surface area contributed by atoms with Crippen molar-refractivity contribution in [1.29, 1.82) is 0 Å². The van der Waals surface area contributed by atoms with Crippen molar-refractivity contribution in [2.24, 2.45) is 0 Å². The molecule has 1 saturated heterocycles. The maximum atomic E-state index is 12.5. The first kappa shape index (κ1) is 28.6. The van der Waals surface area contributed by atoms with Crippen LogP contribution in [0, 0.1) is 13.8 Å². The van der Waals surface area contributed by atoms with Gasteiger partial charge in [-0.15, -0.1) is 0 Å². The van der Waals surface area contributed by atoms with Crippen LogP contribution in [-0.2, 0) is 4.74 Å². The summed E-state index contributed by atoms with van der Waals surface area (Å²) in [5.41, 5.74) is 4.35. The Morgan fingerprint density at radius 3 is 2.53 bits per heavy atom. The first-order chi connectivity index (χ1) is 20.5. The van der Waals surface area contributed by atoms with E-state index in [9.17, 15) is 4.79 Å². The molecule has 0 radical (unpaired) electrons. The largest absolute Gasteiger partial charge is 0.457 e. The van der Waals surface area contributed by atoms with E-state index in [4.69, 9.17) is 14.5 Å². The Bertz CT molecular complexity index is 1830. The fourth-order valence-corrected chi connectivity index (χ4v) is 5.40. The SMILES string of the molecule is Cc1cc(Oc2ccn3ncnc3c2)c(C)cc1Nc1ncnc2cc(Br)c(N3CCN(C(=O)OC(C)(C)C)CC3)nc12. The molecule has 1 amide bonds. The predicted molar refractivity (Wildman–Crippen MR) is 167 cm³/mol. The van der Waals surface area contributed by atoms with Crippen LogP contribution in [0.4, 0.5) is 22.1 Å². The Morgan fingerprint density at radius 2 is 1.77 bits per heavy atom. The van der Waals surface area contributed by atoms with Crippen LogP contribution in [0.2, 0.25) is 0 Å². The third-order valence-electron chi connectivity index (χ3n) is 7.03. The van der Waals surface area contributed by atoms with Gasteiger partial charge in [0.1, 0.15) is 41.1 Å². The predicted octanol–water partition coefficient (Wildman–Crippen LogP) is 6.04. The van der Waals surface area contributed by atoms with Gasteiger partial charge >= 0.3 is 6.09 Å². The van der Waals surface area contributed by atoms with Crippen molar-refractivity contribution in [3.05, 3.63) is 64.8 Å². The molecule has 1 N–H and O–H groups in total. The van der Waals surface area contributed by atoms with E-state index < -0.39 is 5.60 Å². The molecule has 5 heterocycles. The standard InChI is InChI=1S/C30H32BrN9O3/c1-18-13-24(42-20-6-7-40-25(14-20)33-17-35-40)19(2)12-22(18)36-27-26-23(32-16-34-27)15-21(31)28(37-26)38-8-10-39(11-9-38)29(41)43-30(3,4)5/h6-7,12-17H,8-11H2,1-5H3,(H,32,34,36). The fourth-order valence-electron chi connectivity index (χ4n) is 4.84. The molecule has 1 aromatic carbocycles. The van der Waals surface area contributed by atoms with Gasteiger partial charge < -0.3 is 24.6 Å². The van der Waals surface area contributed by atoms with Crippen molar-refractivity contribution in [1.82, 2.24) is 34.4 Å². The van der Waals surface area contributed by atoms with Crippen molar-refractivity contribution >= 4 is 56.0 Å². The molecule has 5 aromatic rings. The lowest BCUT2D eigenvalue weighted by molar-refractivity contribution is 0.0240. The minimum Gasteiger partial charge on any atom is -0.457 e. The van der Waals surface area contributed by atoms with Crippen LogP contribution in [0.15, 0.2) is 53.7 Å². The maximum Gasteiger partial charge on any atom is 0.410 e. The van der Waals surface area contributed by atoms with Crippen LogP contribution in [0.1, 0.15) is 31.9 Å². The number of anilines is 3. The number of halogens is 1. The number of rotatable bonds is 5. The molecule has 0 spiro atoms. The minimum absolute atomic E-state index is 0.295. The van der Waals surface area contributed by atoms with Crippen molar-refractivity contribution in [3.8, 4) is 11.5 Å². The van der Waals surface area contributed by atoms with Crippen LogP contribution in [0.25, 0.3) is 16.7 Å². The smallest absolute Gasteiger partial charge is 0.410 e. The summed E-state index contributed by atoms with van der Waals surface area (Å²) in [6, 6.07) is 9.68. The Balaban J connectivity index is 1.22. The molecule has 4 aromatic heterocycles. The van der Waals surface area contributed by atoms with Crippen molar-refractivity contribution in [3.63, 3.8) is 0 Å². The molecule has 0 atom stereocenters. The molecular weight excluding hydrogens is 614 g/mol. The zero-order valence-electron chi connectivity index (χ0n) is 24.6. The van der Waals surface area contributed by atoms with Crippen LogP contribution in [0.5, 0.6) is 11.5 Å². The van der Waals surface area contributed by atoms with Gasteiger partial charge in [0.25, 0.3) is 0 Å². The van der Waals surface area contributed by atoms with Gasteiger partial charge in [0.05, 0.1) is 9.99 Å². The van der Waals surface area contributed by atoms with Crippen molar-refractivity contribution < 1.29 is 14.3 Å². The third-order valence-corrected chi connectivity index (χ3v) is 7.61. The van der Waals surface area contributed by atoms with Gasteiger partial charge in [0.15, 0.2) is 11.5 Å². The summed E-state index contributed by atoms with van der Waals surface area (Å²) in [6.07, 6.45) is 4.56. The zero-order valence-corrected chi connectivity index (χ0v) is 26.2. The number of piperazine rings is 1. The molecule has 43 heavy (non-hydrogen) atoms. The second-order valence-corrected chi connectivity index (χ2v) is 12.3. The summed E-state index contributed by atoms with van der Waals surface area (Å²) >= 11 is 3.68. The van der Waals surface area contributed by atoms with Crippen LogP contribution < -0.4 is 15.0 Å². The average Bonchev–Trinajstić information content (AvgIpc) is 3.43. The number of benzene rings is 1. The van der Waals surface area contributed by atoms with Crippen molar-refractivity contribution in [2.75, 3.05) is 36.4 Å². The van der Waals surface area contributed by atoms with Gasteiger partial charge in [-0.1, -0.05) is 0 Å². The van der Waals surface area contributed by atoms with E-state index in [1.165, 1.54) is 12.7 Å². The number of nitrogens with one attached hydrogen (secondary N) is 1. The summed E-state index contributed by atoms with van der Waals surface area (Å²) in [4.78, 5) is 34.6. The Hall–Kier alpha value is -4.52. The molecule has 0 saturated carbocycles. The van der Waals surface area contributed by atoms with Gasteiger partial charge in [-0.3, -0.25) is 0 Å². The normalized spacial score (nSPS) is 13.9. The molecule has 0 unspecified atom stereocenters. The second kappa shape index (κ2) is 11.3. The highest BCUT2D eigenvalue weighted by atomic mass is 79.9. The summed E-state index contributed by atoms with van der Waals surface area (Å²) in [7, 11) is 0. The fraction of sp³-hybridized carbons (Fsp3) is 0.333. The van der Waals surface area contributed by atoms with Crippen LogP contribution >= 0.6 is 15.9 Å². The molecule has 12 nitrogen and oxygen atoms in total. The van der Waals surface area contributed by atoms with Gasteiger partial charge in [-0.05, 0) is 85.9 Å². The summed E-state index contributed by atoms with van der Waals surface area (Å²) in [5, 5.41) is 7.60. The highest BCUT2D eigenvalue weighted by Gasteiger charge is 2.27. The van der Waals surface area contributed by atoms with Crippen LogP contribution in [0.3, 0.4) is 0 Å². The number of carbonyl (C=O) groups is 1. The Morgan fingerprint density at radius 1 is 0.977 bits per heavy atom. The van der Waals surface area contributed by atoms with Crippen LogP contribution in [-0.4, -0.2) is 72.3 Å². The lowest BCUT2D eigenvalue weighted by Crippen LogP contribution is -2.50. The number of pyridine rings is 2. The minimum atomic E-state index is -0.529. The lowest BCUT2D eigenvalue weighted by atomic mass is 10.1. The number of ether oxygens (including phenoxy) is 2. The van der Waals surface area contributed by atoms with Crippen molar-refractivity contribution in [2.45, 2.75) is 40.2 Å². The summed E-state index contributed by atoms with van der Waals surface area (Å²) < 4.78 is 14.3. The first-order valence-corrected chi connectivity index (χ1v) is 14.7. The number of aromatic nitrogens is 6. The van der Waals surface area contributed by atoms with Gasteiger partial charge in [-0.2, -0.15) is 5.10 Å². The average molecular weight is 647 g/mol. The Kier molecular flexibility index (Phi) is 7.50. The number of nitrogens with zero attached hydrogens (tertiary/aromatic N) is 8. The number of carbonyl (C=O) groups excluding carboxylic acids is 1. The van der Waals surface area contributed by atoms with E-state index >= 15 is 0 Å². The molecule has 222 valence electrons. The molecule has 1 aliphatic heterocycles. The molecule has 13 heteroatoms. The second-order valence-electron chi connectivity index (χ2n) is 11.4. The number of hydrogen-bond donors (Lipinski definition) is 1. The molecule has 1 aliphatic rings.